The SMILES string of the molecule is COc1cccc([C@@]2(C)NC(=O)N(Cc3ccc(Cl)cc3)C2=O)c1. The summed E-state index contributed by atoms with van der Waals surface area (Å²) in [6.45, 7) is 1.89. The number of urea groups is 1. The van der Waals surface area contributed by atoms with Crippen LogP contribution < -0.4 is 10.1 Å². The first-order valence-corrected chi connectivity index (χ1v) is 7.85. The molecular weight excluding hydrogens is 328 g/mol. The van der Waals surface area contributed by atoms with Crippen LogP contribution in [-0.4, -0.2) is 23.9 Å². The lowest BCUT2D eigenvalue weighted by Crippen LogP contribution is -2.40. The monoisotopic (exact) mass is 344 g/mol. The van der Waals surface area contributed by atoms with E-state index in [1.807, 2.05) is 0 Å². The zero-order valence-electron chi connectivity index (χ0n) is 13.4. The van der Waals surface area contributed by atoms with Crippen LogP contribution in [0.25, 0.3) is 0 Å². The van der Waals surface area contributed by atoms with Gasteiger partial charge in [-0.05, 0) is 42.3 Å². The van der Waals surface area contributed by atoms with Crippen molar-refractivity contribution >= 4 is 23.5 Å². The van der Waals surface area contributed by atoms with Crippen molar-refractivity contribution in [2.75, 3.05) is 7.11 Å². The van der Waals surface area contributed by atoms with E-state index in [2.05, 4.69) is 5.32 Å². The van der Waals surface area contributed by atoms with E-state index >= 15 is 0 Å². The third-order valence-electron chi connectivity index (χ3n) is 4.18. The fraction of sp³-hybridized carbons (Fsp3) is 0.222. The maximum atomic E-state index is 12.9. The second-order valence-electron chi connectivity index (χ2n) is 5.80. The Bertz CT molecular complexity index is 791. The smallest absolute Gasteiger partial charge is 0.325 e. The van der Waals surface area contributed by atoms with Gasteiger partial charge in [0.2, 0.25) is 0 Å². The van der Waals surface area contributed by atoms with Crippen molar-refractivity contribution in [3.8, 4) is 5.75 Å². The second kappa shape index (κ2) is 6.17. The Morgan fingerprint density at radius 3 is 2.54 bits per heavy atom. The fourth-order valence-electron chi connectivity index (χ4n) is 2.74. The topological polar surface area (TPSA) is 58.6 Å². The van der Waals surface area contributed by atoms with Gasteiger partial charge in [-0.1, -0.05) is 35.9 Å². The summed E-state index contributed by atoms with van der Waals surface area (Å²) < 4.78 is 5.21. The Morgan fingerprint density at radius 1 is 1.17 bits per heavy atom. The molecule has 1 saturated heterocycles. The molecule has 5 nitrogen and oxygen atoms in total. The van der Waals surface area contributed by atoms with Gasteiger partial charge in [0.1, 0.15) is 11.3 Å². The molecule has 1 aliphatic rings. The van der Waals surface area contributed by atoms with Crippen molar-refractivity contribution in [3.05, 3.63) is 64.7 Å². The maximum absolute atomic E-state index is 12.9. The molecule has 24 heavy (non-hydrogen) atoms. The lowest BCUT2D eigenvalue weighted by Gasteiger charge is -2.22. The Morgan fingerprint density at radius 2 is 1.88 bits per heavy atom. The first-order chi connectivity index (χ1) is 11.4. The van der Waals surface area contributed by atoms with E-state index in [4.69, 9.17) is 16.3 Å². The van der Waals surface area contributed by atoms with E-state index < -0.39 is 11.6 Å². The summed E-state index contributed by atoms with van der Waals surface area (Å²) in [6.07, 6.45) is 0. The predicted octanol–water partition coefficient (Wildman–Crippen LogP) is 3.32. The van der Waals surface area contributed by atoms with Crippen LogP contribution in [0.3, 0.4) is 0 Å². The van der Waals surface area contributed by atoms with Crippen LogP contribution in [-0.2, 0) is 16.9 Å². The minimum absolute atomic E-state index is 0.196. The van der Waals surface area contributed by atoms with Crippen molar-refractivity contribution in [1.29, 1.82) is 0 Å². The molecule has 0 bridgehead atoms. The number of carbonyl (C=O) groups is 2. The molecule has 2 aromatic rings. The van der Waals surface area contributed by atoms with Gasteiger partial charge in [-0.25, -0.2) is 4.79 Å². The number of imide groups is 1. The molecule has 0 aliphatic carbocycles. The maximum Gasteiger partial charge on any atom is 0.325 e. The van der Waals surface area contributed by atoms with Crippen LogP contribution in [0.5, 0.6) is 5.75 Å². The molecule has 1 atom stereocenters. The molecular formula is C18H17ClN2O3. The highest BCUT2D eigenvalue weighted by molar-refractivity contribution is 6.30. The standard InChI is InChI=1S/C18H17ClN2O3/c1-18(13-4-3-5-15(10-13)24-2)16(22)21(17(23)20-18)11-12-6-8-14(19)9-7-12/h3-10H,11H2,1-2H3,(H,20,23)/t18-/m1/s1. The van der Waals surface area contributed by atoms with Crippen LogP contribution >= 0.6 is 11.6 Å². The minimum atomic E-state index is -1.11. The van der Waals surface area contributed by atoms with Crippen LogP contribution in [0.4, 0.5) is 4.79 Å². The van der Waals surface area contributed by atoms with E-state index in [-0.39, 0.29) is 12.5 Å². The number of hydrogen-bond acceptors (Lipinski definition) is 3. The predicted molar refractivity (Wildman–Crippen MR) is 90.9 cm³/mol. The summed E-state index contributed by atoms with van der Waals surface area (Å²) in [5.74, 6) is 0.336. The molecule has 3 amide bonds. The molecule has 0 saturated carbocycles. The molecule has 0 radical (unpaired) electrons. The van der Waals surface area contributed by atoms with Gasteiger partial charge in [-0.15, -0.1) is 0 Å². The molecule has 1 fully saturated rings. The summed E-state index contributed by atoms with van der Waals surface area (Å²) in [5, 5.41) is 3.39. The molecule has 0 spiro atoms. The molecule has 124 valence electrons. The van der Waals surface area contributed by atoms with E-state index in [9.17, 15) is 9.59 Å². The number of amides is 3. The molecule has 6 heteroatoms. The van der Waals surface area contributed by atoms with Gasteiger partial charge in [0, 0.05) is 5.02 Å². The average molecular weight is 345 g/mol. The summed E-state index contributed by atoms with van der Waals surface area (Å²) in [5.41, 5.74) is 0.398. The van der Waals surface area contributed by atoms with Crippen LogP contribution in [0, 0.1) is 0 Å². The van der Waals surface area contributed by atoms with Crippen molar-refractivity contribution in [1.82, 2.24) is 10.2 Å². The van der Waals surface area contributed by atoms with Crippen molar-refractivity contribution < 1.29 is 14.3 Å². The molecule has 1 aliphatic heterocycles. The van der Waals surface area contributed by atoms with Gasteiger partial charge in [0.25, 0.3) is 5.91 Å². The van der Waals surface area contributed by atoms with Gasteiger partial charge in [-0.3, -0.25) is 9.69 Å². The Balaban J connectivity index is 1.88. The van der Waals surface area contributed by atoms with E-state index in [1.165, 1.54) is 4.90 Å². The van der Waals surface area contributed by atoms with Gasteiger partial charge in [0.05, 0.1) is 13.7 Å². The number of methoxy groups -OCH3 is 1. The minimum Gasteiger partial charge on any atom is -0.497 e. The highest BCUT2D eigenvalue weighted by atomic mass is 35.5. The van der Waals surface area contributed by atoms with Crippen molar-refractivity contribution in [2.24, 2.45) is 0 Å². The van der Waals surface area contributed by atoms with Crippen LogP contribution in [0.15, 0.2) is 48.5 Å². The molecule has 1 N–H and O–H groups in total. The first kappa shape index (κ1) is 16.3. The molecule has 0 unspecified atom stereocenters. The lowest BCUT2D eigenvalue weighted by molar-refractivity contribution is -0.131. The van der Waals surface area contributed by atoms with E-state index in [0.29, 0.717) is 16.3 Å². The summed E-state index contributed by atoms with van der Waals surface area (Å²) in [6, 6.07) is 13.8. The summed E-state index contributed by atoms with van der Waals surface area (Å²) >= 11 is 5.87. The number of halogens is 1. The molecule has 1 heterocycles. The number of nitrogens with zero attached hydrogens (tertiary/aromatic N) is 1. The Hall–Kier alpha value is -2.53. The van der Waals surface area contributed by atoms with Gasteiger partial charge >= 0.3 is 6.03 Å². The molecule has 0 aromatic heterocycles. The third kappa shape index (κ3) is 2.83. The first-order valence-electron chi connectivity index (χ1n) is 7.47. The van der Waals surface area contributed by atoms with Gasteiger partial charge in [-0.2, -0.15) is 0 Å². The number of hydrogen-bond donors (Lipinski definition) is 1. The quantitative estimate of drug-likeness (QED) is 0.866. The Labute approximate surface area is 145 Å². The van der Waals surface area contributed by atoms with Crippen LogP contribution in [0.1, 0.15) is 18.1 Å². The van der Waals surface area contributed by atoms with E-state index in [0.717, 1.165) is 5.56 Å². The number of carbonyl (C=O) groups excluding carboxylic acids is 2. The average Bonchev–Trinajstić information content (AvgIpc) is 2.81. The second-order valence-corrected chi connectivity index (χ2v) is 6.24. The molecule has 3 rings (SSSR count). The van der Waals surface area contributed by atoms with Crippen molar-refractivity contribution in [2.45, 2.75) is 19.0 Å². The highest BCUT2D eigenvalue weighted by Gasteiger charge is 2.48. The zero-order valence-corrected chi connectivity index (χ0v) is 14.1. The largest absolute Gasteiger partial charge is 0.497 e. The normalized spacial score (nSPS) is 20.2. The number of rotatable bonds is 4. The molecule has 2 aromatic carbocycles. The summed E-state index contributed by atoms with van der Waals surface area (Å²) in [4.78, 5) is 26.4. The van der Waals surface area contributed by atoms with Crippen molar-refractivity contribution in [3.63, 3.8) is 0 Å². The Kier molecular flexibility index (Phi) is 4.20. The fourth-order valence-corrected chi connectivity index (χ4v) is 2.87. The zero-order chi connectivity index (χ0) is 17.3. The van der Waals surface area contributed by atoms with E-state index in [1.54, 1.807) is 62.6 Å². The number of ether oxygens (including phenoxy) is 1. The number of nitrogens with one attached hydrogen (secondary N) is 1. The lowest BCUT2D eigenvalue weighted by atomic mass is 9.92. The highest BCUT2D eigenvalue weighted by Crippen LogP contribution is 2.31. The van der Waals surface area contributed by atoms with Gasteiger partial charge < -0.3 is 10.1 Å². The van der Waals surface area contributed by atoms with Crippen LogP contribution in [0.2, 0.25) is 5.02 Å². The summed E-state index contributed by atoms with van der Waals surface area (Å²) in [7, 11) is 1.56. The third-order valence-corrected chi connectivity index (χ3v) is 4.43. The number of benzene rings is 2. The van der Waals surface area contributed by atoms with Gasteiger partial charge in [0.15, 0.2) is 0 Å².